The zero-order chi connectivity index (χ0) is 15.4. The Hall–Kier alpha value is -2.00. The smallest absolute Gasteiger partial charge is 0.345 e. The fraction of sp³-hybridized carbons (Fsp3) is 0.235. The van der Waals surface area contributed by atoms with Crippen LogP contribution in [-0.4, -0.2) is 17.2 Å². The summed E-state index contributed by atoms with van der Waals surface area (Å²) in [5.41, 5.74) is 3.14. The number of ether oxygens (including phenoxy) is 1. The van der Waals surface area contributed by atoms with Gasteiger partial charge in [-0.25, -0.2) is 4.79 Å². The molecule has 0 heterocycles. The van der Waals surface area contributed by atoms with Crippen molar-refractivity contribution in [1.82, 2.24) is 0 Å². The summed E-state index contributed by atoms with van der Waals surface area (Å²) in [5, 5.41) is 9.76. The summed E-state index contributed by atoms with van der Waals surface area (Å²) in [6.45, 7) is 3.97. The molecule has 0 amide bonds. The third kappa shape index (κ3) is 4.23. The molecule has 0 saturated heterocycles. The summed E-state index contributed by atoms with van der Waals surface area (Å²) in [7, 11) is 0. The van der Waals surface area contributed by atoms with Gasteiger partial charge in [0.2, 0.25) is 0 Å². The first-order valence-electron chi connectivity index (χ1n) is 6.67. The molecular formula is C17H17ClO3. The topological polar surface area (TPSA) is 46.5 Å². The lowest BCUT2D eigenvalue weighted by Crippen LogP contribution is -2.29. The number of aryl methyl sites for hydroxylation is 2. The van der Waals surface area contributed by atoms with Gasteiger partial charge in [0.05, 0.1) is 5.02 Å². The van der Waals surface area contributed by atoms with Crippen LogP contribution in [0.25, 0.3) is 0 Å². The molecule has 1 N–H and O–H groups in total. The fourth-order valence-electron chi connectivity index (χ4n) is 2.27. The maximum absolute atomic E-state index is 11.4. The van der Waals surface area contributed by atoms with Crippen LogP contribution in [0.4, 0.5) is 0 Å². The summed E-state index contributed by atoms with van der Waals surface area (Å²) in [6, 6.07) is 12.9. The normalized spacial score (nSPS) is 12.0. The van der Waals surface area contributed by atoms with Crippen molar-refractivity contribution in [3.05, 3.63) is 64.2 Å². The number of para-hydroxylation sites is 1. The highest BCUT2D eigenvalue weighted by atomic mass is 35.5. The number of benzene rings is 2. The zero-order valence-electron chi connectivity index (χ0n) is 12.0. The van der Waals surface area contributed by atoms with E-state index >= 15 is 0 Å². The molecule has 0 aliphatic carbocycles. The van der Waals surface area contributed by atoms with Crippen molar-refractivity contribution in [2.75, 3.05) is 0 Å². The number of halogens is 1. The molecule has 2 aromatic carbocycles. The van der Waals surface area contributed by atoms with Gasteiger partial charge in [-0.2, -0.15) is 0 Å². The van der Waals surface area contributed by atoms with Crippen LogP contribution in [0.1, 0.15) is 16.7 Å². The van der Waals surface area contributed by atoms with Crippen LogP contribution in [0.5, 0.6) is 5.75 Å². The van der Waals surface area contributed by atoms with E-state index < -0.39 is 12.1 Å². The van der Waals surface area contributed by atoms with Gasteiger partial charge in [0.1, 0.15) is 5.75 Å². The van der Waals surface area contributed by atoms with Gasteiger partial charge in [-0.1, -0.05) is 53.1 Å². The first-order valence-corrected chi connectivity index (χ1v) is 7.04. The third-order valence-electron chi connectivity index (χ3n) is 3.08. The lowest BCUT2D eigenvalue weighted by atomic mass is 10.0. The summed E-state index contributed by atoms with van der Waals surface area (Å²) in [5.74, 6) is -0.620. The van der Waals surface area contributed by atoms with Gasteiger partial charge in [0.15, 0.2) is 6.10 Å². The van der Waals surface area contributed by atoms with E-state index in [0.717, 1.165) is 16.7 Å². The predicted molar refractivity (Wildman–Crippen MR) is 83.1 cm³/mol. The Labute approximate surface area is 129 Å². The van der Waals surface area contributed by atoms with Gasteiger partial charge < -0.3 is 9.84 Å². The Balaban J connectivity index is 2.20. The quantitative estimate of drug-likeness (QED) is 0.907. The number of aliphatic carboxylic acids is 1. The van der Waals surface area contributed by atoms with E-state index in [1.807, 2.05) is 32.0 Å². The molecule has 2 aromatic rings. The highest BCUT2D eigenvalue weighted by Crippen LogP contribution is 2.25. The van der Waals surface area contributed by atoms with Crippen LogP contribution >= 0.6 is 11.6 Å². The summed E-state index contributed by atoms with van der Waals surface area (Å²) < 4.78 is 5.56. The van der Waals surface area contributed by atoms with E-state index in [1.165, 1.54) is 0 Å². The molecule has 110 valence electrons. The molecule has 0 radical (unpaired) electrons. The largest absolute Gasteiger partial charge is 0.478 e. The molecule has 0 aromatic heterocycles. The Morgan fingerprint density at radius 2 is 1.81 bits per heavy atom. The molecule has 0 aliphatic heterocycles. The lowest BCUT2D eigenvalue weighted by molar-refractivity contribution is -0.145. The number of carbonyl (C=O) groups is 1. The highest BCUT2D eigenvalue weighted by molar-refractivity contribution is 6.32. The number of rotatable bonds is 5. The Morgan fingerprint density at radius 1 is 1.19 bits per heavy atom. The molecule has 4 heteroatoms. The molecule has 1 unspecified atom stereocenters. The SMILES string of the molecule is Cc1cc(C)cc(CC(Oc2ccccc2Cl)C(=O)O)c1. The van der Waals surface area contributed by atoms with Crippen molar-refractivity contribution in [3.63, 3.8) is 0 Å². The summed E-state index contributed by atoms with van der Waals surface area (Å²) >= 11 is 6.01. The average molecular weight is 305 g/mol. The molecular weight excluding hydrogens is 288 g/mol. The van der Waals surface area contributed by atoms with Crippen LogP contribution in [0.15, 0.2) is 42.5 Å². The second kappa shape index (κ2) is 6.64. The van der Waals surface area contributed by atoms with Crippen molar-refractivity contribution < 1.29 is 14.6 Å². The molecule has 0 bridgehead atoms. The maximum Gasteiger partial charge on any atom is 0.345 e. The lowest BCUT2D eigenvalue weighted by Gasteiger charge is -2.16. The number of carboxylic acid groups (broad SMARTS) is 1. The van der Waals surface area contributed by atoms with E-state index in [-0.39, 0.29) is 0 Å². The number of hydrogen-bond acceptors (Lipinski definition) is 2. The van der Waals surface area contributed by atoms with Crippen molar-refractivity contribution >= 4 is 17.6 Å². The minimum atomic E-state index is -1.01. The fourth-order valence-corrected chi connectivity index (χ4v) is 2.45. The van der Waals surface area contributed by atoms with Gasteiger partial charge in [0, 0.05) is 6.42 Å². The van der Waals surface area contributed by atoms with E-state index in [9.17, 15) is 9.90 Å². The minimum Gasteiger partial charge on any atom is -0.478 e. The average Bonchev–Trinajstić information content (AvgIpc) is 2.39. The van der Waals surface area contributed by atoms with Crippen molar-refractivity contribution in [2.24, 2.45) is 0 Å². The van der Waals surface area contributed by atoms with E-state index in [4.69, 9.17) is 16.3 Å². The van der Waals surface area contributed by atoms with Gasteiger partial charge in [-0.15, -0.1) is 0 Å². The van der Waals surface area contributed by atoms with E-state index in [1.54, 1.807) is 24.3 Å². The third-order valence-corrected chi connectivity index (χ3v) is 3.40. The Morgan fingerprint density at radius 3 is 2.38 bits per heavy atom. The van der Waals surface area contributed by atoms with Crippen molar-refractivity contribution in [1.29, 1.82) is 0 Å². The Bertz CT molecular complexity index is 632. The van der Waals surface area contributed by atoms with Crippen molar-refractivity contribution in [3.8, 4) is 5.75 Å². The second-order valence-electron chi connectivity index (χ2n) is 5.08. The van der Waals surface area contributed by atoms with Gasteiger partial charge >= 0.3 is 5.97 Å². The minimum absolute atomic E-state index is 0.295. The van der Waals surface area contributed by atoms with E-state index in [0.29, 0.717) is 17.2 Å². The first kappa shape index (κ1) is 15.4. The molecule has 21 heavy (non-hydrogen) atoms. The molecule has 1 atom stereocenters. The zero-order valence-corrected chi connectivity index (χ0v) is 12.7. The number of hydrogen-bond donors (Lipinski definition) is 1. The molecule has 0 aliphatic rings. The Kier molecular flexibility index (Phi) is 4.86. The second-order valence-corrected chi connectivity index (χ2v) is 5.48. The van der Waals surface area contributed by atoms with Crippen LogP contribution in [-0.2, 0) is 11.2 Å². The predicted octanol–water partition coefficient (Wildman–Crippen LogP) is 4.03. The molecule has 0 fully saturated rings. The van der Waals surface area contributed by atoms with Gasteiger partial charge in [0.25, 0.3) is 0 Å². The van der Waals surface area contributed by atoms with Crippen LogP contribution < -0.4 is 4.74 Å². The standard InChI is InChI=1S/C17H17ClO3/c1-11-7-12(2)9-13(8-11)10-16(17(19)20)21-15-6-4-3-5-14(15)18/h3-9,16H,10H2,1-2H3,(H,19,20). The molecule has 0 spiro atoms. The molecule has 0 saturated carbocycles. The highest BCUT2D eigenvalue weighted by Gasteiger charge is 2.21. The van der Waals surface area contributed by atoms with Crippen LogP contribution in [0, 0.1) is 13.8 Å². The number of carboxylic acids is 1. The monoisotopic (exact) mass is 304 g/mol. The van der Waals surface area contributed by atoms with E-state index in [2.05, 4.69) is 0 Å². The van der Waals surface area contributed by atoms with Crippen LogP contribution in [0.2, 0.25) is 5.02 Å². The molecule has 3 nitrogen and oxygen atoms in total. The van der Waals surface area contributed by atoms with Crippen LogP contribution in [0.3, 0.4) is 0 Å². The summed E-state index contributed by atoms with van der Waals surface area (Å²) in [4.78, 5) is 11.4. The summed E-state index contributed by atoms with van der Waals surface area (Å²) in [6.07, 6.45) is -0.672. The van der Waals surface area contributed by atoms with Crippen molar-refractivity contribution in [2.45, 2.75) is 26.4 Å². The molecule has 2 rings (SSSR count). The maximum atomic E-state index is 11.4. The van der Waals surface area contributed by atoms with Gasteiger partial charge in [-0.05, 0) is 31.5 Å². The van der Waals surface area contributed by atoms with Gasteiger partial charge in [-0.3, -0.25) is 0 Å². The first-order chi connectivity index (χ1) is 9.95.